The Labute approximate surface area is 145 Å². The number of carbonyl (C=O) groups is 1. The zero-order valence-electron chi connectivity index (χ0n) is 14.4. The molecule has 5 nitrogen and oxygen atoms in total. The summed E-state index contributed by atoms with van der Waals surface area (Å²) >= 11 is 0. The minimum absolute atomic E-state index is 0.225. The number of aromatic nitrogens is 3. The first-order valence-corrected chi connectivity index (χ1v) is 8.72. The van der Waals surface area contributed by atoms with Crippen LogP contribution in [0.15, 0.2) is 35.9 Å². The number of para-hydroxylation sites is 1. The van der Waals surface area contributed by atoms with Gasteiger partial charge in [-0.2, -0.15) is 0 Å². The molecule has 3 N–H and O–H groups in total. The van der Waals surface area contributed by atoms with Crippen LogP contribution in [0.25, 0.3) is 28.1 Å². The van der Waals surface area contributed by atoms with E-state index in [-0.39, 0.29) is 11.3 Å². The summed E-state index contributed by atoms with van der Waals surface area (Å²) in [6.45, 7) is 4.13. The largest absolute Gasteiger partial charge is 0.378 e. The Balaban J connectivity index is 1.63. The molecule has 126 valence electrons. The van der Waals surface area contributed by atoms with Crippen LogP contribution in [0.4, 0.5) is 0 Å². The number of aromatic amines is 2. The van der Waals surface area contributed by atoms with Crippen molar-refractivity contribution >= 4 is 22.4 Å². The van der Waals surface area contributed by atoms with Gasteiger partial charge >= 0.3 is 0 Å². The molecule has 25 heavy (non-hydrogen) atoms. The summed E-state index contributed by atoms with van der Waals surface area (Å²) < 4.78 is 0. The van der Waals surface area contributed by atoms with Gasteiger partial charge in [0.25, 0.3) is 0 Å². The molecule has 2 aromatic heterocycles. The monoisotopic (exact) mass is 332 g/mol. The summed E-state index contributed by atoms with van der Waals surface area (Å²) in [5, 5.41) is 4.72. The van der Waals surface area contributed by atoms with Crippen LogP contribution >= 0.6 is 0 Å². The van der Waals surface area contributed by atoms with Crippen molar-refractivity contribution in [3.63, 3.8) is 0 Å². The maximum Gasteiger partial charge on any atom is 0.163 e. The number of nitrogens with one attached hydrogen (secondary N) is 3. The Morgan fingerprint density at radius 3 is 2.80 bits per heavy atom. The summed E-state index contributed by atoms with van der Waals surface area (Å²) in [7, 11) is 0. The van der Waals surface area contributed by atoms with Gasteiger partial charge in [-0.1, -0.05) is 18.2 Å². The van der Waals surface area contributed by atoms with Crippen molar-refractivity contribution in [1.29, 1.82) is 0 Å². The molecule has 3 aromatic rings. The Morgan fingerprint density at radius 2 is 1.96 bits per heavy atom. The summed E-state index contributed by atoms with van der Waals surface area (Å²) in [5.74, 6) is 1.08. The summed E-state index contributed by atoms with van der Waals surface area (Å²) in [4.78, 5) is 24.2. The molecular formula is C20H20N4O. The van der Waals surface area contributed by atoms with Crippen LogP contribution in [0.2, 0.25) is 0 Å². The van der Waals surface area contributed by atoms with Gasteiger partial charge in [0.15, 0.2) is 11.6 Å². The molecule has 0 fully saturated rings. The van der Waals surface area contributed by atoms with E-state index in [2.05, 4.69) is 47.3 Å². The normalized spacial score (nSPS) is 18.9. The molecule has 0 spiro atoms. The van der Waals surface area contributed by atoms with Crippen molar-refractivity contribution in [3.8, 4) is 11.5 Å². The number of hydrogen-bond acceptors (Lipinski definition) is 3. The zero-order chi connectivity index (χ0) is 17.2. The number of H-pyrrole nitrogens is 2. The first-order valence-electron chi connectivity index (χ1n) is 8.72. The minimum atomic E-state index is -0.225. The molecule has 0 saturated heterocycles. The van der Waals surface area contributed by atoms with Crippen LogP contribution in [0.5, 0.6) is 0 Å². The van der Waals surface area contributed by atoms with E-state index in [1.54, 1.807) is 0 Å². The Hall–Kier alpha value is -2.82. The number of rotatable bonds is 1. The van der Waals surface area contributed by atoms with Crippen LogP contribution in [-0.4, -0.2) is 26.3 Å². The van der Waals surface area contributed by atoms with Crippen LogP contribution in [0.3, 0.4) is 0 Å². The van der Waals surface area contributed by atoms with Crippen molar-refractivity contribution in [3.05, 3.63) is 47.3 Å². The number of carbonyl (C=O) groups excluding carboxylic acids is 1. The number of aryl methyl sites for hydroxylation is 1. The zero-order valence-corrected chi connectivity index (χ0v) is 14.4. The second kappa shape index (κ2) is 4.85. The number of nitrogens with zero attached hydrogens (tertiary/aromatic N) is 1. The molecule has 2 aliphatic rings. The second-order valence-corrected chi connectivity index (χ2v) is 7.64. The number of hydrogen-bond donors (Lipinski definition) is 3. The second-order valence-electron chi connectivity index (χ2n) is 7.64. The number of allylic oxidation sites excluding steroid dienone is 1. The van der Waals surface area contributed by atoms with Crippen LogP contribution in [0.1, 0.15) is 38.1 Å². The molecule has 5 rings (SSSR count). The Kier molecular flexibility index (Phi) is 2.82. The number of imidazole rings is 1. The van der Waals surface area contributed by atoms with Gasteiger partial charge in [-0.25, -0.2) is 4.98 Å². The standard InChI is InChI=1S/C20H20N4O/c1-20(2)10-16(25)12-7-8-14-18(17(12)24-20)23-19(22-14)15-9-11-5-3-4-6-13(11)21-15/h3-6,9,21,24H,7-8,10H2,1-2H3,(H,22,23). The molecule has 1 aliphatic heterocycles. The lowest BCUT2D eigenvalue weighted by Gasteiger charge is -2.36. The average Bonchev–Trinajstić information content (AvgIpc) is 3.17. The fourth-order valence-corrected chi connectivity index (χ4v) is 3.95. The van der Waals surface area contributed by atoms with E-state index in [1.165, 1.54) is 5.39 Å². The van der Waals surface area contributed by atoms with Crippen molar-refractivity contribution in [1.82, 2.24) is 20.3 Å². The van der Waals surface area contributed by atoms with Gasteiger partial charge in [-0.15, -0.1) is 0 Å². The molecule has 0 saturated carbocycles. The fraction of sp³-hybridized carbons (Fsp3) is 0.300. The SMILES string of the molecule is CC1(C)CC(=O)C2=C(N1)c1[nH]c(-c3cc4ccccc4[nH]3)nc1CC2. The smallest absolute Gasteiger partial charge is 0.163 e. The molecule has 0 amide bonds. The van der Waals surface area contributed by atoms with Gasteiger partial charge < -0.3 is 15.3 Å². The maximum atomic E-state index is 12.5. The number of fused-ring (bicyclic) bond motifs is 3. The fourth-order valence-electron chi connectivity index (χ4n) is 3.95. The molecule has 1 aromatic carbocycles. The molecular weight excluding hydrogens is 312 g/mol. The highest BCUT2D eigenvalue weighted by Gasteiger charge is 2.36. The van der Waals surface area contributed by atoms with Gasteiger partial charge in [0.05, 0.1) is 22.8 Å². The van der Waals surface area contributed by atoms with E-state index >= 15 is 0 Å². The van der Waals surface area contributed by atoms with Gasteiger partial charge in [-0.3, -0.25) is 4.79 Å². The van der Waals surface area contributed by atoms with E-state index in [0.717, 1.165) is 52.5 Å². The van der Waals surface area contributed by atoms with Crippen molar-refractivity contribution in [2.75, 3.05) is 0 Å². The highest BCUT2D eigenvalue weighted by molar-refractivity contribution is 6.05. The van der Waals surface area contributed by atoms with Crippen LogP contribution in [0, 0.1) is 0 Å². The van der Waals surface area contributed by atoms with E-state index in [0.29, 0.717) is 6.42 Å². The van der Waals surface area contributed by atoms with Crippen LogP contribution in [-0.2, 0) is 11.2 Å². The molecule has 0 atom stereocenters. The predicted octanol–water partition coefficient (Wildman–Crippen LogP) is 3.56. The number of Topliss-reactive ketones (excluding diaryl/α,β-unsaturated/α-hetero) is 1. The quantitative estimate of drug-likeness (QED) is 0.638. The highest BCUT2D eigenvalue weighted by atomic mass is 16.1. The van der Waals surface area contributed by atoms with Gasteiger partial charge in [0, 0.05) is 28.4 Å². The lowest BCUT2D eigenvalue weighted by atomic mass is 9.83. The van der Waals surface area contributed by atoms with Crippen molar-refractivity contribution in [2.45, 2.75) is 38.6 Å². The van der Waals surface area contributed by atoms with Crippen molar-refractivity contribution in [2.24, 2.45) is 0 Å². The average molecular weight is 332 g/mol. The molecule has 3 heterocycles. The van der Waals surface area contributed by atoms with Gasteiger partial charge in [0.1, 0.15) is 0 Å². The molecule has 0 unspecified atom stereocenters. The maximum absolute atomic E-state index is 12.5. The highest BCUT2D eigenvalue weighted by Crippen LogP contribution is 2.36. The molecule has 5 heteroatoms. The third kappa shape index (κ3) is 2.22. The third-order valence-electron chi connectivity index (χ3n) is 5.13. The number of benzene rings is 1. The van der Waals surface area contributed by atoms with E-state index in [9.17, 15) is 4.79 Å². The topological polar surface area (TPSA) is 73.6 Å². The van der Waals surface area contributed by atoms with Gasteiger partial charge in [0.2, 0.25) is 0 Å². The summed E-state index contributed by atoms with van der Waals surface area (Å²) in [5.41, 5.74) is 5.70. The first-order chi connectivity index (χ1) is 12.0. The third-order valence-corrected chi connectivity index (χ3v) is 5.13. The van der Waals surface area contributed by atoms with E-state index in [4.69, 9.17) is 4.98 Å². The summed E-state index contributed by atoms with van der Waals surface area (Å²) in [6, 6.07) is 10.3. The predicted molar refractivity (Wildman–Crippen MR) is 98.0 cm³/mol. The first kappa shape index (κ1) is 14.5. The van der Waals surface area contributed by atoms with Crippen molar-refractivity contribution < 1.29 is 4.79 Å². The Bertz CT molecular complexity index is 1020. The number of ketones is 1. The Morgan fingerprint density at radius 1 is 1.12 bits per heavy atom. The molecule has 1 aliphatic carbocycles. The molecule has 0 radical (unpaired) electrons. The van der Waals surface area contributed by atoms with E-state index in [1.807, 2.05) is 12.1 Å². The molecule has 0 bridgehead atoms. The lowest BCUT2D eigenvalue weighted by Crippen LogP contribution is -2.45. The van der Waals surface area contributed by atoms with E-state index < -0.39 is 0 Å². The summed E-state index contributed by atoms with van der Waals surface area (Å²) in [6.07, 6.45) is 2.12. The van der Waals surface area contributed by atoms with Gasteiger partial charge in [-0.05, 0) is 38.8 Å². The minimum Gasteiger partial charge on any atom is -0.378 e. The lowest BCUT2D eigenvalue weighted by molar-refractivity contribution is -0.117. The van der Waals surface area contributed by atoms with Crippen LogP contribution < -0.4 is 5.32 Å².